The van der Waals surface area contributed by atoms with Gasteiger partial charge in [-0.05, 0) is 29.4 Å². The summed E-state index contributed by atoms with van der Waals surface area (Å²) in [6.45, 7) is 4.51. The van der Waals surface area contributed by atoms with Crippen molar-refractivity contribution in [3.8, 4) is 11.3 Å². The second kappa shape index (κ2) is 5.46. The number of hydrogen-bond donors (Lipinski definition) is 0. The molecule has 3 rings (SSSR count). The Kier molecular flexibility index (Phi) is 3.51. The third-order valence-electron chi connectivity index (χ3n) is 3.52. The number of fused-ring (bicyclic) bond motifs is 1. The number of benzene rings is 2. The van der Waals surface area contributed by atoms with Gasteiger partial charge in [0, 0.05) is 17.1 Å². The molecular formula is C19H19N. The predicted octanol–water partition coefficient (Wildman–Crippen LogP) is 5.10. The van der Waals surface area contributed by atoms with Gasteiger partial charge in [0.25, 0.3) is 0 Å². The molecule has 3 aromatic rings. The molecule has 0 unspecified atom stereocenters. The standard InChI is InChI=1S/C19H19N/c1-14(2)12-15-8-9-18-17(13-15)10-11-20-19(18)16-6-4-3-5-7-16/h3-11,13-14H,12H2,1-2H3. The van der Waals surface area contributed by atoms with Gasteiger partial charge in [0.15, 0.2) is 0 Å². The third kappa shape index (κ3) is 2.57. The molecule has 1 aromatic heterocycles. The molecule has 1 nitrogen and oxygen atoms in total. The Morgan fingerprint density at radius 3 is 2.50 bits per heavy atom. The first-order valence-electron chi connectivity index (χ1n) is 7.17. The number of hydrogen-bond acceptors (Lipinski definition) is 1. The van der Waals surface area contributed by atoms with Crippen molar-refractivity contribution >= 4 is 10.8 Å². The Morgan fingerprint density at radius 1 is 0.950 bits per heavy atom. The third-order valence-corrected chi connectivity index (χ3v) is 3.52. The smallest absolute Gasteiger partial charge is 0.0780 e. The first-order valence-corrected chi connectivity index (χ1v) is 7.17. The fourth-order valence-corrected chi connectivity index (χ4v) is 2.65. The zero-order valence-electron chi connectivity index (χ0n) is 12.0. The normalized spacial score (nSPS) is 11.2. The monoisotopic (exact) mass is 261 g/mol. The molecule has 2 aromatic carbocycles. The molecule has 0 amide bonds. The summed E-state index contributed by atoms with van der Waals surface area (Å²) in [6.07, 6.45) is 3.03. The summed E-state index contributed by atoms with van der Waals surface area (Å²) in [6, 6.07) is 19.2. The molecule has 0 N–H and O–H groups in total. The predicted molar refractivity (Wildman–Crippen MR) is 85.7 cm³/mol. The van der Waals surface area contributed by atoms with E-state index in [1.165, 1.54) is 21.9 Å². The highest BCUT2D eigenvalue weighted by Gasteiger charge is 2.06. The van der Waals surface area contributed by atoms with E-state index < -0.39 is 0 Å². The van der Waals surface area contributed by atoms with Crippen LogP contribution >= 0.6 is 0 Å². The molecule has 20 heavy (non-hydrogen) atoms. The lowest BCUT2D eigenvalue weighted by Crippen LogP contribution is -1.94. The van der Waals surface area contributed by atoms with Crippen LogP contribution in [-0.4, -0.2) is 4.98 Å². The van der Waals surface area contributed by atoms with E-state index in [9.17, 15) is 0 Å². The van der Waals surface area contributed by atoms with Gasteiger partial charge in [0.05, 0.1) is 5.69 Å². The molecule has 0 spiro atoms. The Hall–Kier alpha value is -2.15. The molecule has 0 radical (unpaired) electrons. The molecule has 0 bridgehead atoms. The SMILES string of the molecule is CC(C)Cc1ccc2c(-c3ccccc3)nccc2c1. The number of aromatic nitrogens is 1. The van der Waals surface area contributed by atoms with Gasteiger partial charge in [-0.25, -0.2) is 0 Å². The summed E-state index contributed by atoms with van der Waals surface area (Å²) in [5.74, 6) is 0.683. The molecule has 0 aliphatic carbocycles. The van der Waals surface area contributed by atoms with Crippen LogP contribution in [0.3, 0.4) is 0 Å². The van der Waals surface area contributed by atoms with Gasteiger partial charge in [-0.2, -0.15) is 0 Å². The molecule has 1 heteroatoms. The quantitative estimate of drug-likeness (QED) is 0.639. The molecule has 0 aliphatic rings. The van der Waals surface area contributed by atoms with E-state index in [2.05, 4.69) is 67.4 Å². The van der Waals surface area contributed by atoms with E-state index in [-0.39, 0.29) is 0 Å². The Bertz CT molecular complexity index is 714. The summed E-state index contributed by atoms with van der Waals surface area (Å²) in [7, 11) is 0. The first kappa shape index (κ1) is 12.9. The fourth-order valence-electron chi connectivity index (χ4n) is 2.65. The van der Waals surface area contributed by atoms with Crippen molar-refractivity contribution in [1.29, 1.82) is 0 Å². The van der Waals surface area contributed by atoms with Crippen LogP contribution in [0, 0.1) is 5.92 Å². The van der Waals surface area contributed by atoms with Crippen molar-refractivity contribution in [1.82, 2.24) is 4.98 Å². The lowest BCUT2D eigenvalue weighted by Gasteiger charge is -2.09. The van der Waals surface area contributed by atoms with Gasteiger partial charge >= 0.3 is 0 Å². The van der Waals surface area contributed by atoms with Gasteiger partial charge in [0.2, 0.25) is 0 Å². The van der Waals surface area contributed by atoms with Crippen LogP contribution in [0.1, 0.15) is 19.4 Å². The zero-order valence-corrected chi connectivity index (χ0v) is 12.0. The second-order valence-corrected chi connectivity index (χ2v) is 5.68. The van der Waals surface area contributed by atoms with Crippen LogP contribution in [-0.2, 0) is 6.42 Å². The van der Waals surface area contributed by atoms with Crippen LogP contribution in [0.15, 0.2) is 60.8 Å². The van der Waals surface area contributed by atoms with E-state index in [1.54, 1.807) is 0 Å². The van der Waals surface area contributed by atoms with E-state index in [1.807, 2.05) is 12.3 Å². The van der Waals surface area contributed by atoms with E-state index in [4.69, 9.17) is 0 Å². The molecule has 0 saturated carbocycles. The molecule has 0 atom stereocenters. The molecular weight excluding hydrogens is 242 g/mol. The van der Waals surface area contributed by atoms with Crippen LogP contribution in [0.4, 0.5) is 0 Å². The molecule has 1 heterocycles. The maximum absolute atomic E-state index is 4.57. The number of pyridine rings is 1. The lowest BCUT2D eigenvalue weighted by molar-refractivity contribution is 0.648. The van der Waals surface area contributed by atoms with Crippen molar-refractivity contribution in [3.05, 3.63) is 66.4 Å². The maximum Gasteiger partial charge on any atom is 0.0780 e. The van der Waals surface area contributed by atoms with E-state index in [0.717, 1.165) is 12.1 Å². The van der Waals surface area contributed by atoms with Crippen LogP contribution < -0.4 is 0 Å². The fraction of sp³-hybridized carbons (Fsp3) is 0.211. The van der Waals surface area contributed by atoms with Crippen LogP contribution in [0.25, 0.3) is 22.0 Å². The van der Waals surface area contributed by atoms with Crippen molar-refractivity contribution in [2.24, 2.45) is 5.92 Å². The largest absolute Gasteiger partial charge is 0.256 e. The Labute approximate surface area is 120 Å². The highest BCUT2D eigenvalue weighted by Crippen LogP contribution is 2.27. The van der Waals surface area contributed by atoms with Crippen molar-refractivity contribution in [2.45, 2.75) is 20.3 Å². The van der Waals surface area contributed by atoms with Crippen LogP contribution in [0.2, 0.25) is 0 Å². The minimum absolute atomic E-state index is 0.683. The van der Waals surface area contributed by atoms with E-state index >= 15 is 0 Å². The summed E-state index contributed by atoms with van der Waals surface area (Å²) < 4.78 is 0. The second-order valence-electron chi connectivity index (χ2n) is 5.68. The Morgan fingerprint density at radius 2 is 1.75 bits per heavy atom. The molecule has 0 saturated heterocycles. The minimum Gasteiger partial charge on any atom is -0.256 e. The number of rotatable bonds is 3. The van der Waals surface area contributed by atoms with Crippen molar-refractivity contribution in [2.75, 3.05) is 0 Å². The van der Waals surface area contributed by atoms with Gasteiger partial charge in [-0.15, -0.1) is 0 Å². The van der Waals surface area contributed by atoms with Crippen molar-refractivity contribution < 1.29 is 0 Å². The minimum atomic E-state index is 0.683. The van der Waals surface area contributed by atoms with Gasteiger partial charge in [-0.1, -0.05) is 62.4 Å². The highest BCUT2D eigenvalue weighted by atomic mass is 14.7. The van der Waals surface area contributed by atoms with Gasteiger partial charge < -0.3 is 0 Å². The lowest BCUT2D eigenvalue weighted by atomic mass is 9.98. The first-order chi connectivity index (χ1) is 9.74. The average molecular weight is 261 g/mol. The summed E-state index contributed by atoms with van der Waals surface area (Å²) in [5.41, 5.74) is 3.65. The molecule has 0 aliphatic heterocycles. The van der Waals surface area contributed by atoms with Crippen LogP contribution in [0.5, 0.6) is 0 Å². The Balaban J connectivity index is 2.12. The topological polar surface area (TPSA) is 12.9 Å². The van der Waals surface area contributed by atoms with E-state index in [0.29, 0.717) is 5.92 Å². The maximum atomic E-state index is 4.57. The zero-order chi connectivity index (χ0) is 13.9. The highest BCUT2D eigenvalue weighted by molar-refractivity contribution is 5.94. The summed E-state index contributed by atoms with van der Waals surface area (Å²) in [4.78, 5) is 4.57. The molecule has 100 valence electrons. The summed E-state index contributed by atoms with van der Waals surface area (Å²) >= 11 is 0. The summed E-state index contributed by atoms with van der Waals surface area (Å²) in [5, 5.41) is 2.50. The number of nitrogens with zero attached hydrogens (tertiary/aromatic N) is 1. The van der Waals surface area contributed by atoms with Gasteiger partial charge in [0.1, 0.15) is 0 Å². The molecule has 0 fully saturated rings. The van der Waals surface area contributed by atoms with Gasteiger partial charge in [-0.3, -0.25) is 4.98 Å². The average Bonchev–Trinajstić information content (AvgIpc) is 2.46. The van der Waals surface area contributed by atoms with Crippen molar-refractivity contribution in [3.63, 3.8) is 0 Å².